The lowest BCUT2D eigenvalue weighted by Gasteiger charge is -2.05. The zero-order valence-corrected chi connectivity index (χ0v) is 14.6. The summed E-state index contributed by atoms with van der Waals surface area (Å²) in [7, 11) is -1.41. The van der Waals surface area contributed by atoms with Crippen LogP contribution in [0.2, 0.25) is 19.6 Å². The fourth-order valence-electron chi connectivity index (χ4n) is 1.70. The molecule has 2 aromatic carbocycles. The highest BCUT2D eigenvalue weighted by molar-refractivity contribution is 6.83. The van der Waals surface area contributed by atoms with Gasteiger partial charge in [0.1, 0.15) is 8.07 Å². The molecule has 0 amide bonds. The van der Waals surface area contributed by atoms with E-state index in [2.05, 4.69) is 41.3 Å². The van der Waals surface area contributed by atoms with Crippen LogP contribution in [0.5, 0.6) is 0 Å². The van der Waals surface area contributed by atoms with Crippen LogP contribution in [0, 0.1) is 11.5 Å². The molecule has 0 bridgehead atoms. The van der Waals surface area contributed by atoms with Gasteiger partial charge in [-0.05, 0) is 48.5 Å². The standard InChI is InChI=1S/C18H17F3N2Si/c1-24(2,3)13-12-14-4-8-16(9-5-14)22-23-17-10-6-15(7-11-17)18(19,20)21/h4-11H,1-3H3. The van der Waals surface area contributed by atoms with E-state index in [4.69, 9.17) is 0 Å². The lowest BCUT2D eigenvalue weighted by Crippen LogP contribution is -2.16. The molecule has 2 nitrogen and oxygen atoms in total. The smallest absolute Gasteiger partial charge is 0.166 e. The SMILES string of the molecule is C[Si](C)(C)C#Cc1ccc(N=Nc2ccc(C(F)(F)F)cc2)cc1. The average molecular weight is 346 g/mol. The second kappa shape index (κ2) is 7.01. The van der Waals surface area contributed by atoms with E-state index in [0.717, 1.165) is 17.7 Å². The molecule has 6 heteroatoms. The first-order valence-electron chi connectivity index (χ1n) is 7.36. The predicted octanol–water partition coefficient (Wildman–Crippen LogP) is 6.35. The maximum absolute atomic E-state index is 12.5. The molecule has 0 saturated carbocycles. The van der Waals surface area contributed by atoms with Gasteiger partial charge in [0.25, 0.3) is 0 Å². The number of nitrogens with zero attached hydrogens (tertiary/aromatic N) is 2. The van der Waals surface area contributed by atoms with Gasteiger partial charge in [-0.1, -0.05) is 25.6 Å². The van der Waals surface area contributed by atoms with Gasteiger partial charge in [-0.15, -0.1) is 5.54 Å². The monoisotopic (exact) mass is 346 g/mol. The molecule has 0 aliphatic heterocycles. The number of hydrogen-bond acceptors (Lipinski definition) is 2. The van der Waals surface area contributed by atoms with Crippen molar-refractivity contribution < 1.29 is 13.2 Å². The van der Waals surface area contributed by atoms with Crippen molar-refractivity contribution in [2.75, 3.05) is 0 Å². The largest absolute Gasteiger partial charge is 0.416 e. The van der Waals surface area contributed by atoms with E-state index in [1.54, 1.807) is 12.1 Å². The van der Waals surface area contributed by atoms with Gasteiger partial charge in [-0.2, -0.15) is 23.4 Å². The van der Waals surface area contributed by atoms with Crippen LogP contribution in [0.4, 0.5) is 24.5 Å². The molecule has 124 valence electrons. The molecule has 0 heterocycles. The lowest BCUT2D eigenvalue weighted by molar-refractivity contribution is -0.137. The zero-order valence-electron chi connectivity index (χ0n) is 13.6. The van der Waals surface area contributed by atoms with Gasteiger partial charge in [0.15, 0.2) is 0 Å². The summed E-state index contributed by atoms with van der Waals surface area (Å²) in [5.41, 5.74) is 4.47. The van der Waals surface area contributed by atoms with Crippen molar-refractivity contribution in [2.24, 2.45) is 10.2 Å². The summed E-state index contributed by atoms with van der Waals surface area (Å²) in [5.74, 6) is 3.14. The minimum Gasteiger partial charge on any atom is -0.166 e. The van der Waals surface area contributed by atoms with Crippen LogP contribution < -0.4 is 0 Å². The van der Waals surface area contributed by atoms with Gasteiger partial charge in [0.05, 0.1) is 16.9 Å². The van der Waals surface area contributed by atoms with Gasteiger partial charge in [0, 0.05) is 5.56 Å². The first-order chi connectivity index (χ1) is 11.1. The van der Waals surface area contributed by atoms with Crippen molar-refractivity contribution in [3.05, 3.63) is 59.7 Å². The highest BCUT2D eigenvalue weighted by Gasteiger charge is 2.29. The first kappa shape index (κ1) is 18.0. The molecule has 0 radical (unpaired) electrons. The van der Waals surface area contributed by atoms with E-state index in [9.17, 15) is 13.2 Å². The Balaban J connectivity index is 2.08. The van der Waals surface area contributed by atoms with Gasteiger partial charge < -0.3 is 0 Å². The van der Waals surface area contributed by atoms with Gasteiger partial charge >= 0.3 is 6.18 Å². The summed E-state index contributed by atoms with van der Waals surface area (Å²) in [4.78, 5) is 0. The fraction of sp³-hybridized carbons (Fsp3) is 0.222. The molecule has 0 spiro atoms. The Morgan fingerprint density at radius 1 is 0.792 bits per heavy atom. The van der Waals surface area contributed by atoms with E-state index in [1.165, 1.54) is 12.1 Å². The number of alkyl halides is 3. The second-order valence-corrected chi connectivity index (χ2v) is 11.0. The van der Waals surface area contributed by atoms with Crippen molar-refractivity contribution in [3.8, 4) is 11.5 Å². The van der Waals surface area contributed by atoms with Crippen LogP contribution in [0.15, 0.2) is 58.8 Å². The van der Waals surface area contributed by atoms with Crippen molar-refractivity contribution in [1.82, 2.24) is 0 Å². The second-order valence-electron chi connectivity index (χ2n) is 6.29. The Morgan fingerprint density at radius 2 is 1.25 bits per heavy atom. The van der Waals surface area contributed by atoms with Crippen molar-refractivity contribution in [3.63, 3.8) is 0 Å². The molecular weight excluding hydrogens is 329 g/mol. The first-order valence-corrected chi connectivity index (χ1v) is 10.9. The Bertz CT molecular complexity index is 775. The number of benzene rings is 2. The predicted molar refractivity (Wildman–Crippen MR) is 92.3 cm³/mol. The molecule has 0 atom stereocenters. The summed E-state index contributed by atoms with van der Waals surface area (Å²) < 4.78 is 37.4. The van der Waals surface area contributed by atoms with E-state index in [-0.39, 0.29) is 0 Å². The topological polar surface area (TPSA) is 24.7 Å². The van der Waals surface area contributed by atoms with Crippen molar-refractivity contribution in [1.29, 1.82) is 0 Å². The Labute approximate surface area is 140 Å². The fourth-order valence-corrected chi connectivity index (χ4v) is 2.22. The molecule has 0 aromatic heterocycles. The van der Waals surface area contributed by atoms with Gasteiger partial charge in [-0.3, -0.25) is 0 Å². The number of rotatable bonds is 2. The molecule has 2 rings (SSSR count). The van der Waals surface area contributed by atoms with E-state index in [1.807, 2.05) is 12.1 Å². The van der Waals surface area contributed by atoms with Crippen molar-refractivity contribution in [2.45, 2.75) is 25.8 Å². The number of halogens is 3. The van der Waals surface area contributed by atoms with Gasteiger partial charge in [0.2, 0.25) is 0 Å². The lowest BCUT2D eigenvalue weighted by atomic mass is 10.2. The van der Waals surface area contributed by atoms with Gasteiger partial charge in [-0.25, -0.2) is 0 Å². The average Bonchev–Trinajstić information content (AvgIpc) is 2.51. The molecule has 0 N–H and O–H groups in total. The summed E-state index contributed by atoms with van der Waals surface area (Å²) in [6.07, 6.45) is -4.34. The third kappa shape index (κ3) is 5.67. The molecule has 0 aliphatic rings. The summed E-state index contributed by atoms with van der Waals surface area (Å²) in [5, 5.41) is 7.97. The zero-order chi connectivity index (χ0) is 17.8. The third-order valence-electron chi connectivity index (χ3n) is 2.92. The van der Waals surface area contributed by atoms with Crippen LogP contribution in [-0.2, 0) is 6.18 Å². The maximum Gasteiger partial charge on any atom is 0.416 e. The Morgan fingerprint density at radius 3 is 1.67 bits per heavy atom. The normalized spacial score (nSPS) is 12.1. The molecule has 0 saturated heterocycles. The molecule has 2 aromatic rings. The van der Waals surface area contributed by atoms with Crippen LogP contribution in [-0.4, -0.2) is 8.07 Å². The van der Waals surface area contributed by atoms with Crippen LogP contribution in [0.25, 0.3) is 0 Å². The quantitative estimate of drug-likeness (QED) is 0.344. The number of hydrogen-bond donors (Lipinski definition) is 0. The Hall–Kier alpha value is -2.39. The van der Waals surface area contributed by atoms with Crippen molar-refractivity contribution >= 4 is 19.4 Å². The maximum atomic E-state index is 12.5. The highest BCUT2D eigenvalue weighted by Crippen LogP contribution is 2.30. The Kier molecular flexibility index (Phi) is 5.25. The minimum atomic E-state index is -4.34. The van der Waals surface area contributed by atoms with Crippen LogP contribution in [0.1, 0.15) is 11.1 Å². The van der Waals surface area contributed by atoms with Crippen LogP contribution in [0.3, 0.4) is 0 Å². The summed E-state index contributed by atoms with van der Waals surface area (Å²) in [6.45, 7) is 6.52. The molecular formula is C18H17F3N2Si. The highest BCUT2D eigenvalue weighted by atomic mass is 28.3. The summed E-state index contributed by atoms with van der Waals surface area (Å²) >= 11 is 0. The van der Waals surface area contributed by atoms with E-state index < -0.39 is 19.8 Å². The van der Waals surface area contributed by atoms with E-state index >= 15 is 0 Å². The summed E-state index contributed by atoms with van der Waals surface area (Å²) in [6, 6.07) is 11.8. The van der Waals surface area contributed by atoms with Crippen LogP contribution >= 0.6 is 0 Å². The minimum absolute atomic E-state index is 0.366. The van der Waals surface area contributed by atoms with E-state index in [0.29, 0.717) is 11.4 Å². The molecule has 24 heavy (non-hydrogen) atoms. The number of azo groups is 1. The molecule has 0 unspecified atom stereocenters. The third-order valence-corrected chi connectivity index (χ3v) is 3.80. The molecule has 0 fully saturated rings. The molecule has 0 aliphatic carbocycles.